The standard InChI is InChI=1S/C13H18ClNO.2C2H6/c1-10-7-12(11(2)13(14)8-10)9-15-3-5-16-6-4-15;2*1-2/h7-8H,3-6,9H2,1-2H3;2*1-2H3. The van der Waals surface area contributed by atoms with Crippen molar-refractivity contribution in [3.63, 3.8) is 0 Å². The summed E-state index contributed by atoms with van der Waals surface area (Å²) in [4.78, 5) is 2.42. The number of aryl methyl sites for hydroxylation is 1. The zero-order valence-electron chi connectivity index (χ0n) is 13.9. The van der Waals surface area contributed by atoms with E-state index in [-0.39, 0.29) is 0 Å². The Morgan fingerprint density at radius 1 is 1.05 bits per heavy atom. The van der Waals surface area contributed by atoms with Gasteiger partial charge in [0, 0.05) is 24.7 Å². The van der Waals surface area contributed by atoms with Crippen LogP contribution >= 0.6 is 11.6 Å². The SMILES string of the molecule is CC.CC.Cc1cc(Cl)c(C)c(CN2CCOCC2)c1. The third-order valence-electron chi connectivity index (χ3n) is 3.09. The van der Waals surface area contributed by atoms with Gasteiger partial charge in [-0.2, -0.15) is 0 Å². The number of rotatable bonds is 2. The molecule has 0 atom stereocenters. The second kappa shape index (κ2) is 11.1. The number of hydrogen-bond acceptors (Lipinski definition) is 2. The van der Waals surface area contributed by atoms with Crippen molar-refractivity contribution in [2.75, 3.05) is 26.3 Å². The van der Waals surface area contributed by atoms with Gasteiger partial charge in [-0.25, -0.2) is 0 Å². The van der Waals surface area contributed by atoms with Crippen LogP contribution in [0.5, 0.6) is 0 Å². The highest BCUT2D eigenvalue weighted by atomic mass is 35.5. The van der Waals surface area contributed by atoms with Crippen molar-refractivity contribution < 1.29 is 4.74 Å². The minimum absolute atomic E-state index is 0.846. The summed E-state index contributed by atoms with van der Waals surface area (Å²) in [5.41, 5.74) is 3.78. The van der Waals surface area contributed by atoms with Crippen LogP contribution in [0.15, 0.2) is 12.1 Å². The first-order valence-electron chi connectivity index (χ1n) is 7.72. The molecule has 1 aromatic carbocycles. The number of nitrogens with zero attached hydrogens (tertiary/aromatic N) is 1. The number of halogens is 1. The number of ether oxygens (including phenoxy) is 1. The summed E-state index contributed by atoms with van der Waals surface area (Å²) < 4.78 is 5.35. The van der Waals surface area contributed by atoms with Gasteiger partial charge in [0.25, 0.3) is 0 Å². The molecule has 0 spiro atoms. The molecule has 1 aliphatic heterocycles. The Hall–Kier alpha value is -0.570. The topological polar surface area (TPSA) is 12.5 Å². The molecule has 116 valence electrons. The lowest BCUT2D eigenvalue weighted by Gasteiger charge is -2.27. The van der Waals surface area contributed by atoms with Gasteiger partial charge in [0.15, 0.2) is 0 Å². The van der Waals surface area contributed by atoms with E-state index >= 15 is 0 Å². The summed E-state index contributed by atoms with van der Waals surface area (Å²) in [6.07, 6.45) is 0. The lowest BCUT2D eigenvalue weighted by molar-refractivity contribution is 0.0341. The summed E-state index contributed by atoms with van der Waals surface area (Å²) in [6.45, 7) is 16.9. The lowest BCUT2D eigenvalue weighted by atomic mass is 10.0. The first-order valence-corrected chi connectivity index (χ1v) is 8.10. The molecule has 20 heavy (non-hydrogen) atoms. The normalized spacial score (nSPS) is 14.8. The Morgan fingerprint density at radius 3 is 2.15 bits per heavy atom. The number of morpholine rings is 1. The molecule has 3 heteroatoms. The summed E-state index contributed by atoms with van der Waals surface area (Å²) in [6, 6.07) is 4.26. The maximum absolute atomic E-state index is 6.19. The molecule has 1 heterocycles. The largest absolute Gasteiger partial charge is 0.379 e. The maximum Gasteiger partial charge on any atom is 0.0594 e. The minimum atomic E-state index is 0.846. The van der Waals surface area contributed by atoms with Crippen molar-refractivity contribution in [1.82, 2.24) is 4.90 Å². The van der Waals surface area contributed by atoms with Gasteiger partial charge in [-0.1, -0.05) is 45.4 Å². The van der Waals surface area contributed by atoms with Crippen LogP contribution in [-0.2, 0) is 11.3 Å². The van der Waals surface area contributed by atoms with E-state index in [2.05, 4.69) is 24.8 Å². The third kappa shape index (κ3) is 6.25. The van der Waals surface area contributed by atoms with Gasteiger partial charge < -0.3 is 4.74 Å². The molecule has 0 amide bonds. The van der Waals surface area contributed by atoms with Crippen LogP contribution in [0.1, 0.15) is 44.4 Å². The van der Waals surface area contributed by atoms with Crippen LogP contribution in [0.2, 0.25) is 5.02 Å². The molecule has 1 aromatic rings. The Morgan fingerprint density at radius 2 is 1.60 bits per heavy atom. The van der Waals surface area contributed by atoms with Gasteiger partial charge in [0.2, 0.25) is 0 Å². The van der Waals surface area contributed by atoms with E-state index in [0.717, 1.165) is 37.9 Å². The van der Waals surface area contributed by atoms with Gasteiger partial charge in [0.05, 0.1) is 13.2 Å². The number of hydrogen-bond donors (Lipinski definition) is 0. The van der Waals surface area contributed by atoms with Crippen molar-refractivity contribution in [3.05, 3.63) is 33.8 Å². The molecule has 0 saturated carbocycles. The highest BCUT2D eigenvalue weighted by Gasteiger charge is 2.13. The molecule has 0 aliphatic carbocycles. The smallest absolute Gasteiger partial charge is 0.0594 e. The van der Waals surface area contributed by atoms with Crippen molar-refractivity contribution in [2.24, 2.45) is 0 Å². The fourth-order valence-corrected chi connectivity index (χ4v) is 2.34. The van der Waals surface area contributed by atoms with Gasteiger partial charge in [0.1, 0.15) is 0 Å². The van der Waals surface area contributed by atoms with E-state index in [9.17, 15) is 0 Å². The first kappa shape index (κ1) is 19.4. The molecular weight excluding hydrogens is 270 g/mol. The van der Waals surface area contributed by atoms with Crippen LogP contribution in [0, 0.1) is 13.8 Å². The van der Waals surface area contributed by atoms with E-state index in [1.54, 1.807) is 0 Å². The quantitative estimate of drug-likeness (QED) is 0.774. The fraction of sp³-hybridized carbons (Fsp3) is 0.647. The van der Waals surface area contributed by atoms with Crippen molar-refractivity contribution in [3.8, 4) is 0 Å². The second-order valence-electron chi connectivity index (χ2n) is 4.42. The zero-order valence-corrected chi connectivity index (χ0v) is 14.7. The van der Waals surface area contributed by atoms with Gasteiger partial charge >= 0.3 is 0 Å². The summed E-state index contributed by atoms with van der Waals surface area (Å²) >= 11 is 6.19. The van der Waals surface area contributed by atoms with Crippen molar-refractivity contribution in [1.29, 1.82) is 0 Å². The summed E-state index contributed by atoms with van der Waals surface area (Å²) in [5, 5.41) is 0.878. The lowest BCUT2D eigenvalue weighted by Crippen LogP contribution is -2.35. The van der Waals surface area contributed by atoms with E-state index in [1.807, 2.05) is 33.8 Å². The molecule has 1 saturated heterocycles. The molecule has 0 bridgehead atoms. The maximum atomic E-state index is 6.19. The average Bonchev–Trinajstić information content (AvgIpc) is 2.49. The van der Waals surface area contributed by atoms with Crippen LogP contribution in [0.25, 0.3) is 0 Å². The van der Waals surface area contributed by atoms with Crippen molar-refractivity contribution >= 4 is 11.6 Å². The molecule has 1 aliphatic rings. The first-order chi connectivity index (χ1) is 9.66. The molecule has 1 fully saturated rings. The van der Waals surface area contributed by atoms with Crippen LogP contribution < -0.4 is 0 Å². The molecule has 2 rings (SSSR count). The molecule has 0 radical (unpaired) electrons. The third-order valence-corrected chi connectivity index (χ3v) is 3.49. The van der Waals surface area contributed by atoms with E-state index < -0.39 is 0 Å². The Balaban J connectivity index is 0.000000829. The number of benzene rings is 1. The van der Waals surface area contributed by atoms with Crippen LogP contribution in [0.3, 0.4) is 0 Å². The molecule has 0 aromatic heterocycles. The van der Waals surface area contributed by atoms with E-state index in [0.29, 0.717) is 0 Å². The summed E-state index contributed by atoms with van der Waals surface area (Å²) in [5.74, 6) is 0. The fourth-order valence-electron chi connectivity index (χ4n) is 2.05. The minimum Gasteiger partial charge on any atom is -0.379 e. The molecular formula is C17H30ClNO. The molecule has 0 N–H and O–H groups in total. The van der Waals surface area contributed by atoms with Gasteiger partial charge in [-0.05, 0) is 36.6 Å². The predicted octanol–water partition coefficient (Wildman–Crippen LogP) is 4.84. The van der Waals surface area contributed by atoms with E-state index in [4.69, 9.17) is 16.3 Å². The predicted molar refractivity (Wildman–Crippen MR) is 89.7 cm³/mol. The monoisotopic (exact) mass is 299 g/mol. The Bertz CT molecular complexity index is 373. The van der Waals surface area contributed by atoms with Crippen LogP contribution in [0.4, 0.5) is 0 Å². The zero-order chi connectivity index (χ0) is 15.5. The highest BCUT2D eigenvalue weighted by Crippen LogP contribution is 2.22. The summed E-state index contributed by atoms with van der Waals surface area (Å²) in [7, 11) is 0. The highest BCUT2D eigenvalue weighted by molar-refractivity contribution is 6.31. The Kier molecular flexibility index (Phi) is 10.8. The van der Waals surface area contributed by atoms with Gasteiger partial charge in [-0.15, -0.1) is 0 Å². The second-order valence-corrected chi connectivity index (χ2v) is 4.83. The molecule has 0 unspecified atom stereocenters. The van der Waals surface area contributed by atoms with Crippen LogP contribution in [-0.4, -0.2) is 31.2 Å². The average molecular weight is 300 g/mol. The Labute approximate surface area is 130 Å². The van der Waals surface area contributed by atoms with Crippen molar-refractivity contribution in [2.45, 2.75) is 48.1 Å². The van der Waals surface area contributed by atoms with E-state index in [1.165, 1.54) is 16.7 Å². The molecule has 2 nitrogen and oxygen atoms in total. The van der Waals surface area contributed by atoms with Gasteiger partial charge in [-0.3, -0.25) is 4.90 Å².